The Balaban J connectivity index is 2.30. The highest BCUT2D eigenvalue weighted by molar-refractivity contribution is 6.13. The van der Waals surface area contributed by atoms with Gasteiger partial charge in [-0.05, 0) is 23.8 Å². The smallest absolute Gasteiger partial charge is 0.326 e. The second kappa shape index (κ2) is 4.17. The molecule has 3 N–H and O–H groups in total. The highest BCUT2D eigenvalue weighted by Gasteiger charge is 2.22. The molecule has 0 atom stereocenters. The first-order valence-corrected chi connectivity index (χ1v) is 4.81. The van der Waals surface area contributed by atoms with Gasteiger partial charge in [-0.25, -0.2) is 4.79 Å². The van der Waals surface area contributed by atoms with E-state index in [2.05, 4.69) is 10.6 Å². The molecular formula is C11H10N2O4. The maximum Gasteiger partial charge on any atom is 0.326 e. The summed E-state index contributed by atoms with van der Waals surface area (Å²) in [6.07, 6.45) is 1.46. The lowest BCUT2D eigenvalue weighted by Gasteiger charge is -2.03. The van der Waals surface area contributed by atoms with Gasteiger partial charge in [0.25, 0.3) is 5.91 Å². The molecule has 0 bridgehead atoms. The van der Waals surface area contributed by atoms with Gasteiger partial charge in [-0.15, -0.1) is 0 Å². The van der Waals surface area contributed by atoms with Crippen molar-refractivity contribution >= 4 is 18.0 Å². The third-order valence-electron chi connectivity index (χ3n) is 2.23. The van der Waals surface area contributed by atoms with Gasteiger partial charge in [0.15, 0.2) is 11.5 Å². The number of hydrogen-bond acceptors (Lipinski definition) is 4. The molecule has 1 aromatic rings. The molecule has 1 fully saturated rings. The number of imide groups is 1. The first kappa shape index (κ1) is 11.0. The lowest BCUT2D eigenvalue weighted by Crippen LogP contribution is -2.22. The maximum atomic E-state index is 11.2. The summed E-state index contributed by atoms with van der Waals surface area (Å²) in [7, 11) is 1.44. The first-order valence-electron chi connectivity index (χ1n) is 4.81. The molecule has 0 aromatic heterocycles. The number of carbonyl (C=O) groups excluding carboxylic acids is 2. The normalized spacial score (nSPS) is 16.9. The number of nitrogens with one attached hydrogen (secondary N) is 2. The molecule has 1 aliphatic heterocycles. The third kappa shape index (κ3) is 2.20. The largest absolute Gasteiger partial charge is 0.504 e. The van der Waals surface area contributed by atoms with E-state index in [1.807, 2.05) is 0 Å². The fraction of sp³-hybridized carbons (Fsp3) is 0.0909. The fourth-order valence-corrected chi connectivity index (χ4v) is 1.45. The summed E-state index contributed by atoms with van der Waals surface area (Å²) < 4.78 is 4.89. The highest BCUT2D eigenvalue weighted by atomic mass is 16.5. The minimum atomic E-state index is -0.556. The molecule has 6 nitrogen and oxygen atoms in total. The predicted molar refractivity (Wildman–Crippen MR) is 59.3 cm³/mol. The van der Waals surface area contributed by atoms with Crippen LogP contribution in [-0.2, 0) is 4.79 Å². The third-order valence-corrected chi connectivity index (χ3v) is 2.23. The summed E-state index contributed by atoms with van der Waals surface area (Å²) in [5, 5.41) is 14.0. The minimum Gasteiger partial charge on any atom is -0.504 e. The average molecular weight is 234 g/mol. The molecule has 88 valence electrons. The molecule has 1 aliphatic rings. The lowest BCUT2D eigenvalue weighted by molar-refractivity contribution is -0.115. The van der Waals surface area contributed by atoms with Gasteiger partial charge >= 0.3 is 6.03 Å². The quantitative estimate of drug-likeness (QED) is 0.516. The number of phenols is 1. The summed E-state index contributed by atoms with van der Waals surface area (Å²) in [6.45, 7) is 0. The van der Waals surface area contributed by atoms with Crippen molar-refractivity contribution in [3.63, 3.8) is 0 Å². The zero-order valence-corrected chi connectivity index (χ0v) is 8.98. The van der Waals surface area contributed by atoms with E-state index in [-0.39, 0.29) is 11.4 Å². The maximum absolute atomic E-state index is 11.2. The fourth-order valence-electron chi connectivity index (χ4n) is 1.45. The standard InChI is InChI=1S/C11H10N2O4/c1-17-9-3-2-6(5-8(9)14)4-7-10(15)13-11(16)12-7/h2-5,14H,1H3,(H2,12,13,15,16)/b7-4-. The number of amides is 3. The Kier molecular flexibility index (Phi) is 2.70. The summed E-state index contributed by atoms with van der Waals surface area (Å²) in [6, 6.07) is 4.10. The molecule has 0 saturated carbocycles. The number of rotatable bonds is 2. The van der Waals surface area contributed by atoms with Crippen molar-refractivity contribution in [2.75, 3.05) is 7.11 Å². The molecule has 0 unspecified atom stereocenters. The number of benzene rings is 1. The Hall–Kier alpha value is -2.50. The Morgan fingerprint density at radius 2 is 2.06 bits per heavy atom. The van der Waals surface area contributed by atoms with Crippen LogP contribution in [0.1, 0.15) is 5.56 Å². The number of phenolic OH excluding ortho intramolecular Hbond substituents is 1. The van der Waals surface area contributed by atoms with Crippen LogP contribution >= 0.6 is 0 Å². The van der Waals surface area contributed by atoms with Crippen LogP contribution in [0.25, 0.3) is 6.08 Å². The molecule has 1 aromatic carbocycles. The van der Waals surface area contributed by atoms with Crippen molar-refractivity contribution < 1.29 is 19.4 Å². The van der Waals surface area contributed by atoms with Crippen LogP contribution in [0.4, 0.5) is 4.79 Å². The molecule has 3 amide bonds. The Morgan fingerprint density at radius 3 is 2.59 bits per heavy atom. The summed E-state index contributed by atoms with van der Waals surface area (Å²) in [5.41, 5.74) is 0.718. The van der Waals surface area contributed by atoms with E-state index in [1.165, 1.54) is 19.3 Å². The molecule has 0 aliphatic carbocycles. The highest BCUT2D eigenvalue weighted by Crippen LogP contribution is 2.27. The van der Waals surface area contributed by atoms with Gasteiger partial charge in [0.1, 0.15) is 5.70 Å². The van der Waals surface area contributed by atoms with Crippen LogP contribution in [0.5, 0.6) is 11.5 Å². The lowest BCUT2D eigenvalue weighted by atomic mass is 10.1. The van der Waals surface area contributed by atoms with Crippen molar-refractivity contribution in [2.45, 2.75) is 0 Å². The summed E-state index contributed by atoms with van der Waals surface area (Å²) in [5.74, 6) is -0.191. The zero-order chi connectivity index (χ0) is 12.4. The molecule has 17 heavy (non-hydrogen) atoms. The van der Waals surface area contributed by atoms with Crippen molar-refractivity contribution in [2.24, 2.45) is 0 Å². The van der Waals surface area contributed by atoms with E-state index < -0.39 is 11.9 Å². The van der Waals surface area contributed by atoms with Gasteiger partial charge in [-0.2, -0.15) is 0 Å². The first-order chi connectivity index (χ1) is 8.10. The van der Waals surface area contributed by atoms with E-state index in [9.17, 15) is 14.7 Å². The van der Waals surface area contributed by atoms with Crippen LogP contribution in [-0.4, -0.2) is 24.2 Å². The van der Waals surface area contributed by atoms with E-state index in [1.54, 1.807) is 12.1 Å². The van der Waals surface area contributed by atoms with Gasteiger partial charge in [0.2, 0.25) is 0 Å². The van der Waals surface area contributed by atoms with Crippen LogP contribution in [0.3, 0.4) is 0 Å². The average Bonchev–Trinajstić information content (AvgIpc) is 2.58. The van der Waals surface area contributed by atoms with Gasteiger partial charge in [-0.1, -0.05) is 6.07 Å². The molecule has 0 spiro atoms. The SMILES string of the molecule is COc1ccc(/C=C2\NC(=O)NC2=O)cc1O. The topological polar surface area (TPSA) is 87.7 Å². The minimum absolute atomic E-state index is 0.0356. The predicted octanol–water partition coefficient (Wildman–Crippen LogP) is 0.581. The van der Waals surface area contributed by atoms with E-state index in [4.69, 9.17) is 4.74 Å². The number of carbonyl (C=O) groups is 2. The summed E-state index contributed by atoms with van der Waals surface area (Å²) >= 11 is 0. The van der Waals surface area contributed by atoms with Gasteiger partial charge in [-0.3, -0.25) is 10.1 Å². The number of hydrogen-bond donors (Lipinski definition) is 3. The van der Waals surface area contributed by atoms with Gasteiger partial charge < -0.3 is 15.2 Å². The number of urea groups is 1. The molecule has 0 radical (unpaired) electrons. The van der Waals surface area contributed by atoms with Crippen LogP contribution in [0, 0.1) is 0 Å². The van der Waals surface area contributed by atoms with E-state index >= 15 is 0 Å². The van der Waals surface area contributed by atoms with Gasteiger partial charge in [0, 0.05) is 0 Å². The Labute approximate surface area is 96.9 Å². The summed E-state index contributed by atoms with van der Waals surface area (Å²) in [4.78, 5) is 22.1. The number of ether oxygens (including phenoxy) is 1. The zero-order valence-electron chi connectivity index (χ0n) is 8.98. The molecule has 1 heterocycles. The monoisotopic (exact) mass is 234 g/mol. The second-order valence-corrected chi connectivity index (χ2v) is 3.40. The molecule has 1 saturated heterocycles. The van der Waals surface area contributed by atoms with Crippen LogP contribution < -0.4 is 15.4 Å². The van der Waals surface area contributed by atoms with Gasteiger partial charge in [0.05, 0.1) is 7.11 Å². The number of methoxy groups -OCH3 is 1. The molecule has 6 heteroatoms. The van der Waals surface area contributed by atoms with E-state index in [0.29, 0.717) is 11.3 Å². The second-order valence-electron chi connectivity index (χ2n) is 3.40. The Bertz CT molecular complexity index is 522. The van der Waals surface area contributed by atoms with Crippen LogP contribution in [0.2, 0.25) is 0 Å². The van der Waals surface area contributed by atoms with Crippen LogP contribution in [0.15, 0.2) is 23.9 Å². The van der Waals surface area contributed by atoms with Crippen molar-refractivity contribution in [3.05, 3.63) is 29.5 Å². The van der Waals surface area contributed by atoms with Crippen molar-refractivity contribution in [3.8, 4) is 11.5 Å². The Morgan fingerprint density at radius 1 is 1.29 bits per heavy atom. The molecule has 2 rings (SSSR count). The van der Waals surface area contributed by atoms with Crippen molar-refractivity contribution in [1.29, 1.82) is 0 Å². The number of aromatic hydroxyl groups is 1. The van der Waals surface area contributed by atoms with Crippen molar-refractivity contribution in [1.82, 2.24) is 10.6 Å². The van der Waals surface area contributed by atoms with E-state index in [0.717, 1.165) is 0 Å². The molecular weight excluding hydrogens is 224 g/mol.